The highest BCUT2D eigenvalue weighted by Crippen LogP contribution is 2.37. The maximum absolute atomic E-state index is 5.64. The van der Waals surface area contributed by atoms with Gasteiger partial charge in [-0.2, -0.15) is 0 Å². The lowest BCUT2D eigenvalue weighted by Crippen LogP contribution is -2.15. The van der Waals surface area contributed by atoms with E-state index in [1.54, 1.807) is 6.20 Å². The molecule has 0 spiro atoms. The first-order chi connectivity index (χ1) is 7.36. The molecule has 2 heterocycles. The molecule has 3 nitrogen and oxygen atoms in total. The molecule has 3 heteroatoms. The Bertz CT molecular complexity index is 522. The van der Waals surface area contributed by atoms with Gasteiger partial charge in [-0.25, -0.2) is 0 Å². The summed E-state index contributed by atoms with van der Waals surface area (Å²) in [4.78, 5) is 4.26. The Balaban J connectivity index is 2.36. The second-order valence-corrected chi connectivity index (χ2v) is 3.58. The van der Waals surface area contributed by atoms with Gasteiger partial charge in [-0.05, 0) is 25.1 Å². The maximum atomic E-state index is 5.64. The normalized spacial score (nSPS) is 14.2. The topological polar surface area (TPSA) is 31.4 Å². The summed E-state index contributed by atoms with van der Waals surface area (Å²) in [6.07, 6.45) is 1.80. The van der Waals surface area contributed by atoms with Gasteiger partial charge in [-0.1, -0.05) is 0 Å². The highest BCUT2D eigenvalue weighted by molar-refractivity contribution is 5.92. The fourth-order valence-corrected chi connectivity index (χ4v) is 1.91. The third kappa shape index (κ3) is 1.23. The Morgan fingerprint density at radius 3 is 2.87 bits per heavy atom. The van der Waals surface area contributed by atoms with Crippen LogP contribution in [0.25, 0.3) is 10.8 Å². The van der Waals surface area contributed by atoms with Crippen molar-refractivity contribution in [3.63, 3.8) is 0 Å². The van der Waals surface area contributed by atoms with Crippen LogP contribution in [0.3, 0.4) is 0 Å². The van der Waals surface area contributed by atoms with Crippen LogP contribution in [0.4, 0.5) is 0 Å². The summed E-state index contributed by atoms with van der Waals surface area (Å²) in [6, 6.07) is 5.95. The van der Waals surface area contributed by atoms with E-state index in [2.05, 4.69) is 4.98 Å². The molecule has 1 aliphatic heterocycles. The molecular formula is C12H11NO2. The van der Waals surface area contributed by atoms with Crippen LogP contribution < -0.4 is 9.47 Å². The fourth-order valence-electron chi connectivity index (χ4n) is 1.91. The maximum Gasteiger partial charge on any atom is 0.169 e. The molecule has 1 aliphatic rings. The smallest absolute Gasteiger partial charge is 0.169 e. The summed E-state index contributed by atoms with van der Waals surface area (Å²) in [5.74, 6) is 1.68. The van der Waals surface area contributed by atoms with Gasteiger partial charge in [0.05, 0.1) is 0 Å². The van der Waals surface area contributed by atoms with E-state index < -0.39 is 0 Å². The minimum absolute atomic E-state index is 0.619. The molecule has 0 amide bonds. The number of pyridine rings is 1. The van der Waals surface area contributed by atoms with Gasteiger partial charge in [0.25, 0.3) is 0 Å². The molecule has 3 rings (SSSR count). The van der Waals surface area contributed by atoms with E-state index >= 15 is 0 Å². The number of benzene rings is 1. The monoisotopic (exact) mass is 201 g/mol. The van der Waals surface area contributed by atoms with Crippen molar-refractivity contribution in [2.24, 2.45) is 0 Å². The molecule has 2 aromatic rings. The molecule has 0 N–H and O–H groups in total. The van der Waals surface area contributed by atoms with Crippen LogP contribution >= 0.6 is 0 Å². The van der Waals surface area contributed by atoms with Gasteiger partial charge in [-0.15, -0.1) is 0 Å². The minimum atomic E-state index is 0.619. The van der Waals surface area contributed by atoms with Gasteiger partial charge in [0, 0.05) is 22.7 Å². The van der Waals surface area contributed by atoms with Crippen molar-refractivity contribution in [3.05, 3.63) is 30.1 Å². The number of nitrogens with zero attached hydrogens (tertiary/aromatic N) is 1. The number of fused-ring (bicyclic) bond motifs is 3. The summed E-state index contributed by atoms with van der Waals surface area (Å²) in [5.41, 5.74) is 1.02. The van der Waals surface area contributed by atoms with Crippen molar-refractivity contribution < 1.29 is 9.47 Å². The van der Waals surface area contributed by atoms with Gasteiger partial charge in [0.1, 0.15) is 13.2 Å². The molecule has 1 aromatic heterocycles. The third-order valence-corrected chi connectivity index (χ3v) is 2.65. The molecule has 0 saturated heterocycles. The first kappa shape index (κ1) is 8.53. The van der Waals surface area contributed by atoms with Gasteiger partial charge in [0.2, 0.25) is 0 Å². The summed E-state index contributed by atoms with van der Waals surface area (Å²) in [6.45, 7) is 3.24. The number of aromatic nitrogens is 1. The molecule has 0 fully saturated rings. The molecule has 0 saturated carbocycles. The summed E-state index contributed by atoms with van der Waals surface area (Å²) in [7, 11) is 0. The highest BCUT2D eigenvalue weighted by Gasteiger charge is 2.15. The Morgan fingerprint density at radius 1 is 1.07 bits per heavy atom. The highest BCUT2D eigenvalue weighted by atomic mass is 16.6. The summed E-state index contributed by atoms with van der Waals surface area (Å²) < 4.78 is 11.2. The Labute approximate surface area is 87.6 Å². The van der Waals surface area contributed by atoms with Crippen LogP contribution in [0.2, 0.25) is 0 Å². The first-order valence-electron chi connectivity index (χ1n) is 5.00. The molecule has 0 unspecified atom stereocenters. The summed E-state index contributed by atoms with van der Waals surface area (Å²) >= 11 is 0. The molecule has 0 aliphatic carbocycles. The predicted octanol–water partition coefficient (Wildman–Crippen LogP) is 2.31. The first-order valence-corrected chi connectivity index (χ1v) is 5.00. The quantitative estimate of drug-likeness (QED) is 0.655. The zero-order valence-corrected chi connectivity index (χ0v) is 8.49. The molecule has 76 valence electrons. The Morgan fingerprint density at radius 2 is 1.93 bits per heavy atom. The number of hydrogen-bond acceptors (Lipinski definition) is 3. The van der Waals surface area contributed by atoms with Crippen LogP contribution in [0, 0.1) is 6.92 Å². The van der Waals surface area contributed by atoms with Crippen molar-refractivity contribution in [2.75, 3.05) is 13.2 Å². The zero-order chi connectivity index (χ0) is 10.3. The molecule has 0 bridgehead atoms. The SMILES string of the molecule is Cc1nccc2c3c(ccc12)OCCO3. The zero-order valence-electron chi connectivity index (χ0n) is 8.49. The Hall–Kier alpha value is -1.77. The number of hydrogen-bond donors (Lipinski definition) is 0. The van der Waals surface area contributed by atoms with Gasteiger partial charge in [-0.3, -0.25) is 4.98 Å². The van der Waals surface area contributed by atoms with Gasteiger partial charge >= 0.3 is 0 Å². The van der Waals surface area contributed by atoms with Crippen LogP contribution in [0.5, 0.6) is 11.5 Å². The van der Waals surface area contributed by atoms with E-state index in [9.17, 15) is 0 Å². The standard InChI is InChI=1S/C12H11NO2/c1-8-9-2-3-11-12(15-7-6-14-11)10(9)4-5-13-8/h2-5H,6-7H2,1H3. The summed E-state index contributed by atoms with van der Waals surface area (Å²) in [5, 5.41) is 2.21. The largest absolute Gasteiger partial charge is 0.486 e. The van der Waals surface area contributed by atoms with Crippen molar-refractivity contribution in [1.29, 1.82) is 0 Å². The van der Waals surface area contributed by atoms with Crippen LogP contribution in [0.15, 0.2) is 24.4 Å². The average Bonchev–Trinajstić information content (AvgIpc) is 2.29. The lowest BCUT2D eigenvalue weighted by Gasteiger charge is -2.20. The van der Waals surface area contributed by atoms with E-state index in [1.807, 2.05) is 25.1 Å². The van der Waals surface area contributed by atoms with Gasteiger partial charge < -0.3 is 9.47 Å². The van der Waals surface area contributed by atoms with E-state index in [0.29, 0.717) is 13.2 Å². The average molecular weight is 201 g/mol. The van der Waals surface area contributed by atoms with Crippen LogP contribution in [-0.4, -0.2) is 18.2 Å². The molecule has 15 heavy (non-hydrogen) atoms. The number of rotatable bonds is 0. The second kappa shape index (κ2) is 3.12. The van der Waals surface area contributed by atoms with Crippen LogP contribution in [-0.2, 0) is 0 Å². The van der Waals surface area contributed by atoms with E-state index in [-0.39, 0.29) is 0 Å². The molecule has 0 radical (unpaired) electrons. The van der Waals surface area contributed by atoms with Crippen molar-refractivity contribution in [1.82, 2.24) is 4.98 Å². The van der Waals surface area contributed by atoms with Gasteiger partial charge in [0.15, 0.2) is 11.5 Å². The van der Waals surface area contributed by atoms with Crippen molar-refractivity contribution >= 4 is 10.8 Å². The molecule has 0 atom stereocenters. The van der Waals surface area contributed by atoms with Crippen molar-refractivity contribution in [2.45, 2.75) is 6.92 Å². The molecule has 1 aromatic carbocycles. The lowest BCUT2D eigenvalue weighted by atomic mass is 10.1. The lowest BCUT2D eigenvalue weighted by molar-refractivity contribution is 0.174. The van der Waals surface area contributed by atoms with E-state index in [1.165, 1.54) is 0 Å². The molecular weight excluding hydrogens is 190 g/mol. The Kier molecular flexibility index (Phi) is 1.78. The second-order valence-electron chi connectivity index (χ2n) is 3.58. The number of aryl methyl sites for hydroxylation is 1. The minimum Gasteiger partial charge on any atom is -0.486 e. The fraction of sp³-hybridized carbons (Fsp3) is 0.250. The van der Waals surface area contributed by atoms with E-state index in [4.69, 9.17) is 9.47 Å². The van der Waals surface area contributed by atoms with Crippen LogP contribution in [0.1, 0.15) is 5.69 Å². The number of ether oxygens (including phenoxy) is 2. The third-order valence-electron chi connectivity index (χ3n) is 2.65. The van der Waals surface area contributed by atoms with E-state index in [0.717, 1.165) is 28.0 Å². The van der Waals surface area contributed by atoms with Crippen molar-refractivity contribution in [3.8, 4) is 11.5 Å². The predicted molar refractivity (Wildman–Crippen MR) is 57.5 cm³/mol.